The van der Waals surface area contributed by atoms with E-state index in [1.165, 1.54) is 5.56 Å². The number of ether oxygens (including phenoxy) is 1. The van der Waals surface area contributed by atoms with Gasteiger partial charge in [-0.2, -0.15) is 0 Å². The third-order valence-corrected chi connectivity index (χ3v) is 3.23. The van der Waals surface area contributed by atoms with Crippen molar-refractivity contribution in [3.8, 4) is 0 Å². The van der Waals surface area contributed by atoms with Crippen LogP contribution < -0.4 is 5.73 Å². The third kappa shape index (κ3) is 3.09. The quantitative estimate of drug-likeness (QED) is 0.867. The predicted molar refractivity (Wildman–Crippen MR) is 70.0 cm³/mol. The number of aryl methyl sites for hydroxylation is 1. The third-order valence-electron chi connectivity index (χ3n) is 3.23. The van der Waals surface area contributed by atoms with Gasteiger partial charge in [0.1, 0.15) is 6.61 Å². The number of morpholine rings is 1. The Kier molecular flexibility index (Phi) is 4.33. The van der Waals surface area contributed by atoms with Crippen molar-refractivity contribution in [2.24, 2.45) is 5.73 Å². The first-order chi connectivity index (χ1) is 8.70. The number of nitrogens with two attached hydrogens (primary N) is 1. The van der Waals surface area contributed by atoms with Crippen molar-refractivity contribution in [2.75, 3.05) is 19.8 Å². The zero-order valence-corrected chi connectivity index (χ0v) is 10.8. The Morgan fingerprint density at radius 3 is 3.06 bits per heavy atom. The normalized spacial score (nSPS) is 20.2. The molecule has 1 amide bonds. The van der Waals surface area contributed by atoms with Gasteiger partial charge in [-0.1, -0.05) is 29.8 Å². The lowest BCUT2D eigenvalue weighted by atomic mass is 10.1. The van der Waals surface area contributed by atoms with Gasteiger partial charge in [-0.05, 0) is 25.5 Å². The van der Waals surface area contributed by atoms with E-state index in [1.54, 1.807) is 0 Å². The molecule has 18 heavy (non-hydrogen) atoms. The number of carbonyl (C=O) groups excluding carboxylic acids is 1. The van der Waals surface area contributed by atoms with Crippen LogP contribution in [0.3, 0.4) is 0 Å². The van der Waals surface area contributed by atoms with Crippen LogP contribution in [0.5, 0.6) is 0 Å². The number of carbonyl (C=O) groups is 1. The molecule has 1 aliphatic heterocycles. The summed E-state index contributed by atoms with van der Waals surface area (Å²) in [4.78, 5) is 13.8. The average Bonchev–Trinajstić information content (AvgIpc) is 2.34. The molecular weight excluding hydrogens is 228 g/mol. The first kappa shape index (κ1) is 13.1. The highest BCUT2D eigenvalue weighted by Gasteiger charge is 2.27. The Hall–Kier alpha value is -1.39. The first-order valence-electron chi connectivity index (χ1n) is 6.33. The molecule has 4 nitrogen and oxygen atoms in total. The minimum Gasteiger partial charge on any atom is -0.369 e. The Labute approximate surface area is 108 Å². The summed E-state index contributed by atoms with van der Waals surface area (Å²) >= 11 is 0. The van der Waals surface area contributed by atoms with Crippen molar-refractivity contribution in [3.63, 3.8) is 0 Å². The van der Waals surface area contributed by atoms with Gasteiger partial charge in [0.15, 0.2) is 0 Å². The van der Waals surface area contributed by atoms with Crippen molar-refractivity contribution in [3.05, 3.63) is 35.4 Å². The summed E-state index contributed by atoms with van der Waals surface area (Å²) < 4.78 is 5.29. The number of amides is 1. The van der Waals surface area contributed by atoms with Gasteiger partial charge in [0.2, 0.25) is 5.91 Å². The van der Waals surface area contributed by atoms with Crippen LogP contribution in [0.15, 0.2) is 24.3 Å². The molecule has 1 aromatic rings. The minimum absolute atomic E-state index is 0.0567. The molecule has 2 rings (SSSR count). The summed E-state index contributed by atoms with van der Waals surface area (Å²) in [6.45, 7) is 4.06. The summed E-state index contributed by atoms with van der Waals surface area (Å²) in [5.41, 5.74) is 7.96. The molecule has 1 fully saturated rings. The van der Waals surface area contributed by atoms with Crippen molar-refractivity contribution in [1.82, 2.24) is 4.90 Å². The van der Waals surface area contributed by atoms with E-state index in [4.69, 9.17) is 10.5 Å². The topological polar surface area (TPSA) is 55.6 Å². The lowest BCUT2D eigenvalue weighted by Gasteiger charge is -2.35. The number of benzene rings is 1. The van der Waals surface area contributed by atoms with Gasteiger partial charge in [-0.25, -0.2) is 0 Å². The van der Waals surface area contributed by atoms with E-state index in [0.29, 0.717) is 19.7 Å². The van der Waals surface area contributed by atoms with Gasteiger partial charge in [0.25, 0.3) is 0 Å². The van der Waals surface area contributed by atoms with Gasteiger partial charge in [0.05, 0.1) is 12.6 Å². The first-order valence-corrected chi connectivity index (χ1v) is 6.33. The van der Waals surface area contributed by atoms with E-state index in [9.17, 15) is 4.79 Å². The SMILES string of the molecule is Cc1cccc(CN2C(=O)COCC2CCN)c1. The van der Waals surface area contributed by atoms with Gasteiger partial charge < -0.3 is 15.4 Å². The van der Waals surface area contributed by atoms with Gasteiger partial charge >= 0.3 is 0 Å². The highest BCUT2D eigenvalue weighted by molar-refractivity contribution is 5.78. The minimum atomic E-state index is 0.0567. The molecule has 4 heteroatoms. The van der Waals surface area contributed by atoms with Crippen molar-refractivity contribution in [2.45, 2.75) is 25.9 Å². The predicted octanol–water partition coefficient (Wildman–Crippen LogP) is 1.07. The van der Waals surface area contributed by atoms with Crippen LogP contribution in [0.4, 0.5) is 0 Å². The van der Waals surface area contributed by atoms with E-state index in [2.05, 4.69) is 25.1 Å². The molecule has 1 unspecified atom stereocenters. The lowest BCUT2D eigenvalue weighted by Crippen LogP contribution is -2.49. The molecule has 0 radical (unpaired) electrons. The summed E-state index contributed by atoms with van der Waals surface area (Å²) in [5, 5.41) is 0. The molecule has 1 atom stereocenters. The molecular formula is C14H20N2O2. The van der Waals surface area contributed by atoms with Gasteiger partial charge in [0, 0.05) is 6.54 Å². The smallest absolute Gasteiger partial charge is 0.249 e. The largest absolute Gasteiger partial charge is 0.369 e. The Morgan fingerprint density at radius 1 is 1.50 bits per heavy atom. The van der Waals surface area contributed by atoms with Gasteiger partial charge in [-0.15, -0.1) is 0 Å². The molecule has 2 N–H and O–H groups in total. The Balaban J connectivity index is 2.10. The summed E-state index contributed by atoms with van der Waals surface area (Å²) in [6, 6.07) is 8.35. The van der Waals surface area contributed by atoms with E-state index >= 15 is 0 Å². The maximum Gasteiger partial charge on any atom is 0.249 e. The van der Waals surface area contributed by atoms with Crippen LogP contribution in [0.2, 0.25) is 0 Å². The maximum absolute atomic E-state index is 11.9. The second-order valence-corrected chi connectivity index (χ2v) is 4.76. The van der Waals surface area contributed by atoms with E-state index < -0.39 is 0 Å². The van der Waals surface area contributed by atoms with Crippen molar-refractivity contribution < 1.29 is 9.53 Å². The molecule has 0 saturated carbocycles. The molecule has 0 spiro atoms. The lowest BCUT2D eigenvalue weighted by molar-refractivity contribution is -0.149. The Morgan fingerprint density at radius 2 is 2.33 bits per heavy atom. The monoisotopic (exact) mass is 248 g/mol. The van der Waals surface area contributed by atoms with E-state index in [1.807, 2.05) is 11.0 Å². The average molecular weight is 248 g/mol. The van der Waals surface area contributed by atoms with Crippen LogP contribution >= 0.6 is 0 Å². The summed E-state index contributed by atoms with van der Waals surface area (Å²) in [7, 11) is 0. The van der Waals surface area contributed by atoms with Crippen LogP contribution in [0.25, 0.3) is 0 Å². The fourth-order valence-corrected chi connectivity index (χ4v) is 2.31. The number of rotatable bonds is 4. The standard InChI is InChI=1S/C14H20N2O2/c1-11-3-2-4-12(7-11)8-16-13(5-6-15)9-18-10-14(16)17/h2-4,7,13H,5-6,8-10,15H2,1H3. The maximum atomic E-state index is 11.9. The molecule has 98 valence electrons. The molecule has 0 aromatic heterocycles. The Bertz CT molecular complexity index is 418. The number of hydrogen-bond donors (Lipinski definition) is 1. The highest BCUT2D eigenvalue weighted by atomic mass is 16.5. The molecule has 0 aliphatic carbocycles. The zero-order chi connectivity index (χ0) is 13.0. The second-order valence-electron chi connectivity index (χ2n) is 4.76. The molecule has 1 heterocycles. The van der Waals surface area contributed by atoms with E-state index in [-0.39, 0.29) is 18.6 Å². The fourth-order valence-electron chi connectivity index (χ4n) is 2.31. The van der Waals surface area contributed by atoms with Crippen LogP contribution in [-0.4, -0.2) is 36.6 Å². The zero-order valence-electron chi connectivity index (χ0n) is 10.8. The summed E-state index contributed by atoms with van der Waals surface area (Å²) in [5.74, 6) is 0.0567. The van der Waals surface area contributed by atoms with Crippen molar-refractivity contribution >= 4 is 5.91 Å². The van der Waals surface area contributed by atoms with Crippen LogP contribution in [-0.2, 0) is 16.1 Å². The van der Waals surface area contributed by atoms with E-state index in [0.717, 1.165) is 12.0 Å². The molecule has 1 aromatic carbocycles. The van der Waals surface area contributed by atoms with Gasteiger partial charge in [-0.3, -0.25) is 4.79 Å². The fraction of sp³-hybridized carbons (Fsp3) is 0.500. The summed E-state index contributed by atoms with van der Waals surface area (Å²) in [6.07, 6.45) is 0.789. The molecule has 0 bridgehead atoms. The second kappa shape index (κ2) is 5.98. The molecule has 1 saturated heterocycles. The van der Waals surface area contributed by atoms with Crippen molar-refractivity contribution in [1.29, 1.82) is 0 Å². The number of nitrogens with zero attached hydrogens (tertiary/aromatic N) is 1. The number of hydrogen-bond acceptors (Lipinski definition) is 3. The molecule has 1 aliphatic rings. The van der Waals surface area contributed by atoms with Crippen LogP contribution in [0.1, 0.15) is 17.5 Å². The van der Waals surface area contributed by atoms with Crippen LogP contribution in [0, 0.1) is 6.92 Å². The highest BCUT2D eigenvalue weighted by Crippen LogP contribution is 2.16.